The Balaban J connectivity index is 1.93. The molecule has 0 spiro atoms. The topological polar surface area (TPSA) is 81.2 Å². The molecular formula is C13H12F3N3O3S2. The number of benzene rings is 1. The third-order valence-corrected chi connectivity index (χ3v) is 5.61. The Hall–Kier alpha value is -1.88. The van der Waals surface area contributed by atoms with E-state index in [1.54, 1.807) is 12.1 Å². The Morgan fingerprint density at radius 2 is 2.00 bits per heavy atom. The predicted octanol–water partition coefficient (Wildman–Crippen LogP) is 3.07. The maximum atomic E-state index is 12.5. The molecule has 1 aromatic heterocycles. The molecule has 1 aromatic carbocycles. The Labute approximate surface area is 139 Å². The lowest BCUT2D eigenvalue weighted by Gasteiger charge is -2.18. The number of rotatable bonds is 3. The summed E-state index contributed by atoms with van der Waals surface area (Å²) in [5.41, 5.74) is 0.163. The maximum Gasteiger partial charge on any atom is 0.445 e. The number of aromatic nitrogens is 2. The van der Waals surface area contributed by atoms with Crippen molar-refractivity contribution in [1.29, 1.82) is 0 Å². The van der Waals surface area contributed by atoms with Gasteiger partial charge in [-0.1, -0.05) is 23.5 Å². The monoisotopic (exact) mass is 379 g/mol. The molecule has 1 aliphatic heterocycles. The Morgan fingerprint density at radius 3 is 2.62 bits per heavy atom. The lowest BCUT2D eigenvalue weighted by atomic mass is 10.0. The molecule has 0 saturated heterocycles. The molecule has 1 N–H and O–H groups in total. The normalized spacial score (nSPS) is 16.5. The summed E-state index contributed by atoms with van der Waals surface area (Å²) in [6.07, 6.45) is -4.15. The van der Waals surface area contributed by atoms with Crippen LogP contribution in [-0.4, -0.2) is 24.2 Å². The number of ether oxygens (including phenoxy) is 1. The van der Waals surface area contributed by atoms with Gasteiger partial charge in [0.25, 0.3) is 10.0 Å². The molecule has 11 heteroatoms. The van der Waals surface area contributed by atoms with E-state index in [9.17, 15) is 21.6 Å². The smallest absolute Gasteiger partial charge is 0.445 e. The van der Waals surface area contributed by atoms with Crippen LogP contribution in [0.15, 0.2) is 23.1 Å². The van der Waals surface area contributed by atoms with Gasteiger partial charge in [-0.3, -0.25) is 4.72 Å². The van der Waals surface area contributed by atoms with Crippen molar-refractivity contribution >= 4 is 26.5 Å². The minimum atomic E-state index is -4.68. The quantitative estimate of drug-likeness (QED) is 0.886. The van der Waals surface area contributed by atoms with Crippen molar-refractivity contribution in [3.8, 4) is 5.75 Å². The minimum Gasteiger partial charge on any atom is -0.486 e. The lowest BCUT2D eigenvalue weighted by Crippen LogP contribution is -2.25. The van der Waals surface area contributed by atoms with E-state index in [2.05, 4.69) is 10.2 Å². The van der Waals surface area contributed by atoms with Gasteiger partial charge in [0, 0.05) is 6.42 Å². The van der Waals surface area contributed by atoms with Gasteiger partial charge in [0.15, 0.2) is 0 Å². The van der Waals surface area contributed by atoms with Crippen LogP contribution in [0.25, 0.3) is 0 Å². The zero-order chi connectivity index (χ0) is 17.8. The Kier molecular flexibility index (Phi) is 3.75. The van der Waals surface area contributed by atoms with Gasteiger partial charge in [0.1, 0.15) is 16.2 Å². The van der Waals surface area contributed by atoms with E-state index in [1.807, 2.05) is 18.6 Å². The van der Waals surface area contributed by atoms with Crippen molar-refractivity contribution in [3.63, 3.8) is 0 Å². The van der Waals surface area contributed by atoms with Crippen molar-refractivity contribution in [2.24, 2.45) is 0 Å². The standard InChI is InChI=1S/C13H12F3N3O3S2/c1-12(2)6-7-4-3-5-8(9(7)22-12)24(20,21)19-11-18-17-10(23-11)13(14,15)16/h3-5H,6H2,1-2H3,(H,18,19). The molecule has 0 saturated carbocycles. The highest BCUT2D eigenvalue weighted by Crippen LogP contribution is 2.40. The van der Waals surface area contributed by atoms with Crippen LogP contribution in [0, 0.1) is 0 Å². The lowest BCUT2D eigenvalue weighted by molar-refractivity contribution is -0.138. The average Bonchev–Trinajstić information content (AvgIpc) is 2.99. The highest BCUT2D eigenvalue weighted by Gasteiger charge is 2.37. The van der Waals surface area contributed by atoms with Crippen LogP contribution < -0.4 is 9.46 Å². The van der Waals surface area contributed by atoms with Gasteiger partial charge in [-0.05, 0) is 25.5 Å². The molecule has 0 atom stereocenters. The number of anilines is 1. The first-order valence-corrected chi connectivity index (χ1v) is 9.02. The van der Waals surface area contributed by atoms with Crippen molar-refractivity contribution in [2.75, 3.05) is 4.72 Å². The van der Waals surface area contributed by atoms with Crippen LogP contribution in [0.5, 0.6) is 5.75 Å². The first kappa shape index (κ1) is 17.0. The molecular weight excluding hydrogens is 367 g/mol. The molecule has 0 bridgehead atoms. The number of nitrogens with one attached hydrogen (secondary N) is 1. The number of alkyl halides is 3. The first-order chi connectivity index (χ1) is 11.0. The van der Waals surface area contributed by atoms with Gasteiger partial charge >= 0.3 is 6.18 Å². The highest BCUT2D eigenvalue weighted by molar-refractivity contribution is 7.93. The summed E-state index contributed by atoms with van der Waals surface area (Å²) in [7, 11) is -4.16. The Morgan fingerprint density at radius 1 is 1.29 bits per heavy atom. The van der Waals surface area contributed by atoms with Gasteiger partial charge in [0.05, 0.1) is 0 Å². The van der Waals surface area contributed by atoms with Gasteiger partial charge in [-0.2, -0.15) is 13.2 Å². The Bertz CT molecular complexity index is 891. The minimum absolute atomic E-state index is 0.116. The van der Waals surface area contributed by atoms with Crippen molar-refractivity contribution in [1.82, 2.24) is 10.2 Å². The average molecular weight is 379 g/mol. The molecule has 0 aliphatic carbocycles. The van der Waals surface area contributed by atoms with Gasteiger partial charge in [-0.15, -0.1) is 10.2 Å². The summed E-state index contributed by atoms with van der Waals surface area (Å²) in [4.78, 5) is -0.144. The fraction of sp³-hybridized carbons (Fsp3) is 0.385. The van der Waals surface area contributed by atoms with E-state index in [4.69, 9.17) is 4.74 Å². The van der Waals surface area contributed by atoms with Crippen LogP contribution in [-0.2, 0) is 22.6 Å². The van der Waals surface area contributed by atoms with Crippen LogP contribution in [0.1, 0.15) is 24.4 Å². The molecule has 3 rings (SSSR count). The summed E-state index contributed by atoms with van der Waals surface area (Å²) < 4.78 is 70.3. The number of para-hydroxylation sites is 1. The molecule has 0 amide bonds. The van der Waals surface area contributed by atoms with Crippen LogP contribution in [0.3, 0.4) is 0 Å². The highest BCUT2D eigenvalue weighted by atomic mass is 32.2. The van der Waals surface area contributed by atoms with Crippen LogP contribution in [0.2, 0.25) is 0 Å². The van der Waals surface area contributed by atoms with Crippen molar-refractivity contribution in [2.45, 2.75) is 36.9 Å². The number of fused-ring (bicyclic) bond motifs is 1. The van der Waals surface area contributed by atoms with E-state index >= 15 is 0 Å². The second-order valence-corrected chi connectivity index (χ2v) is 8.43. The number of hydrogen-bond donors (Lipinski definition) is 1. The van der Waals surface area contributed by atoms with Gasteiger partial charge in [0.2, 0.25) is 10.1 Å². The fourth-order valence-corrected chi connectivity index (χ4v) is 4.36. The number of nitrogens with zero attached hydrogens (tertiary/aromatic N) is 2. The molecule has 0 fully saturated rings. The van der Waals surface area contributed by atoms with Crippen molar-refractivity contribution in [3.05, 3.63) is 28.8 Å². The third-order valence-electron chi connectivity index (χ3n) is 3.23. The number of hydrogen-bond acceptors (Lipinski definition) is 6. The molecule has 0 unspecified atom stereocenters. The van der Waals surface area contributed by atoms with Gasteiger partial charge < -0.3 is 4.74 Å². The summed E-state index contributed by atoms with van der Waals surface area (Å²) in [5, 5.41) is 4.49. The predicted molar refractivity (Wildman–Crippen MR) is 80.6 cm³/mol. The maximum absolute atomic E-state index is 12.5. The number of halogens is 3. The van der Waals surface area contributed by atoms with E-state index in [0.717, 1.165) is 5.56 Å². The first-order valence-electron chi connectivity index (χ1n) is 6.72. The van der Waals surface area contributed by atoms with Gasteiger partial charge in [-0.25, -0.2) is 8.42 Å². The zero-order valence-electron chi connectivity index (χ0n) is 12.5. The zero-order valence-corrected chi connectivity index (χ0v) is 14.1. The number of sulfonamides is 1. The van der Waals surface area contributed by atoms with Crippen LogP contribution >= 0.6 is 11.3 Å². The summed E-state index contributed by atoms with van der Waals surface area (Å²) in [6.45, 7) is 3.63. The van der Waals surface area contributed by atoms with E-state index in [0.29, 0.717) is 6.42 Å². The largest absolute Gasteiger partial charge is 0.486 e. The third kappa shape index (κ3) is 3.18. The second kappa shape index (κ2) is 5.31. The second-order valence-electron chi connectivity index (χ2n) is 5.80. The molecule has 1 aliphatic rings. The van der Waals surface area contributed by atoms with E-state index in [1.165, 1.54) is 6.07 Å². The summed E-state index contributed by atoms with van der Waals surface area (Å²) in [5.74, 6) is 0.204. The summed E-state index contributed by atoms with van der Waals surface area (Å²) in [6, 6.07) is 4.63. The SMILES string of the molecule is CC1(C)Cc2cccc(S(=O)(=O)Nc3nnc(C(F)(F)F)s3)c2O1. The van der Waals surface area contributed by atoms with Crippen LogP contribution in [0.4, 0.5) is 18.3 Å². The van der Waals surface area contributed by atoms with E-state index < -0.39 is 31.9 Å². The molecule has 6 nitrogen and oxygen atoms in total. The van der Waals surface area contributed by atoms with Crippen molar-refractivity contribution < 1.29 is 26.3 Å². The fourth-order valence-electron chi connectivity index (χ4n) is 2.35. The molecule has 2 heterocycles. The molecule has 0 radical (unpaired) electrons. The molecule has 2 aromatic rings. The van der Waals surface area contributed by atoms with E-state index in [-0.39, 0.29) is 22.0 Å². The molecule has 24 heavy (non-hydrogen) atoms. The molecule has 130 valence electrons. The summed E-state index contributed by atoms with van der Waals surface area (Å²) >= 11 is 0.116.